The molecule has 2 heterocycles. The van der Waals surface area contributed by atoms with E-state index in [2.05, 4.69) is 5.32 Å². The van der Waals surface area contributed by atoms with E-state index in [1.807, 2.05) is 11.8 Å². The molecule has 2 aliphatic carbocycles. The lowest BCUT2D eigenvalue weighted by Crippen LogP contribution is -2.45. The molecule has 0 amide bonds. The van der Waals surface area contributed by atoms with Crippen LogP contribution in [0.4, 0.5) is 0 Å². The Bertz CT molecular complexity index is 374. The molecule has 2 saturated carbocycles. The lowest BCUT2D eigenvalue weighted by molar-refractivity contribution is 0.0875. The molecule has 4 fully saturated rings. The molecule has 106 valence electrons. The minimum Gasteiger partial charge on any atom is -0.376 e. The molecular formula is C15H24N2OS. The molecule has 2 atom stereocenters. The van der Waals surface area contributed by atoms with Crippen LogP contribution in [0.25, 0.3) is 0 Å². The SMILES string of the molecule is C1CCC2(CC1)CSC(=NC1CCOC1C1CC1)N2. The molecule has 4 heteroatoms. The maximum absolute atomic E-state index is 5.89. The van der Waals surface area contributed by atoms with Gasteiger partial charge in [-0.3, -0.25) is 4.99 Å². The van der Waals surface area contributed by atoms with Crippen molar-refractivity contribution in [3.05, 3.63) is 0 Å². The Hall–Kier alpha value is -0.220. The Morgan fingerprint density at radius 3 is 2.79 bits per heavy atom. The summed E-state index contributed by atoms with van der Waals surface area (Å²) in [5.41, 5.74) is 0.385. The van der Waals surface area contributed by atoms with Crippen molar-refractivity contribution in [2.75, 3.05) is 12.4 Å². The molecule has 0 radical (unpaired) electrons. The van der Waals surface area contributed by atoms with Gasteiger partial charge in [0, 0.05) is 17.9 Å². The zero-order valence-electron chi connectivity index (χ0n) is 11.6. The molecule has 3 nitrogen and oxygen atoms in total. The van der Waals surface area contributed by atoms with E-state index in [0.29, 0.717) is 17.7 Å². The van der Waals surface area contributed by atoms with Crippen molar-refractivity contribution in [3.8, 4) is 0 Å². The highest BCUT2D eigenvalue weighted by molar-refractivity contribution is 8.14. The summed E-state index contributed by atoms with van der Waals surface area (Å²) in [6, 6.07) is 0.432. The highest BCUT2D eigenvalue weighted by Crippen LogP contribution is 2.41. The predicted octanol–water partition coefficient (Wildman–Crippen LogP) is 2.95. The van der Waals surface area contributed by atoms with Gasteiger partial charge < -0.3 is 10.1 Å². The van der Waals surface area contributed by atoms with Crippen LogP contribution in [0.3, 0.4) is 0 Å². The normalized spacial score (nSPS) is 39.9. The van der Waals surface area contributed by atoms with E-state index in [4.69, 9.17) is 9.73 Å². The Balaban J connectivity index is 1.43. The zero-order valence-corrected chi connectivity index (χ0v) is 12.4. The summed E-state index contributed by atoms with van der Waals surface area (Å²) in [5, 5.41) is 4.98. The lowest BCUT2D eigenvalue weighted by Gasteiger charge is -2.32. The van der Waals surface area contributed by atoms with E-state index >= 15 is 0 Å². The van der Waals surface area contributed by atoms with E-state index in [-0.39, 0.29) is 0 Å². The second kappa shape index (κ2) is 4.96. The number of aliphatic imine (C=N–C) groups is 1. The largest absolute Gasteiger partial charge is 0.376 e. The van der Waals surface area contributed by atoms with Crippen LogP contribution < -0.4 is 5.32 Å². The first-order valence-electron chi connectivity index (χ1n) is 7.95. The van der Waals surface area contributed by atoms with Crippen LogP contribution in [-0.4, -0.2) is 35.2 Å². The lowest BCUT2D eigenvalue weighted by atomic mass is 9.83. The molecular weight excluding hydrogens is 256 g/mol. The molecule has 4 rings (SSSR count). The maximum Gasteiger partial charge on any atom is 0.157 e. The number of rotatable bonds is 2. The van der Waals surface area contributed by atoms with Gasteiger partial charge in [0.15, 0.2) is 5.17 Å². The van der Waals surface area contributed by atoms with Gasteiger partial charge in [0.25, 0.3) is 0 Å². The molecule has 1 N–H and O–H groups in total. The van der Waals surface area contributed by atoms with E-state index in [0.717, 1.165) is 18.9 Å². The van der Waals surface area contributed by atoms with Crippen LogP contribution in [-0.2, 0) is 4.74 Å². The minimum atomic E-state index is 0.385. The van der Waals surface area contributed by atoms with Gasteiger partial charge in [-0.2, -0.15) is 0 Å². The molecule has 2 unspecified atom stereocenters. The summed E-state index contributed by atoms with van der Waals surface area (Å²) in [6.07, 6.45) is 11.1. The quantitative estimate of drug-likeness (QED) is 0.844. The van der Waals surface area contributed by atoms with E-state index < -0.39 is 0 Å². The number of thioether (sulfide) groups is 1. The number of hydrogen-bond donors (Lipinski definition) is 1. The third-order valence-corrected chi connectivity index (χ3v) is 6.32. The van der Waals surface area contributed by atoms with Crippen molar-refractivity contribution in [1.29, 1.82) is 0 Å². The first-order valence-corrected chi connectivity index (χ1v) is 8.94. The summed E-state index contributed by atoms with van der Waals surface area (Å²) in [5.74, 6) is 2.04. The van der Waals surface area contributed by atoms with E-state index in [9.17, 15) is 0 Å². The van der Waals surface area contributed by atoms with Crippen LogP contribution in [0.15, 0.2) is 4.99 Å². The van der Waals surface area contributed by atoms with Crippen LogP contribution in [0.2, 0.25) is 0 Å². The Morgan fingerprint density at radius 1 is 1.16 bits per heavy atom. The monoisotopic (exact) mass is 280 g/mol. The average Bonchev–Trinajstić information content (AvgIpc) is 3.06. The molecule has 1 spiro atoms. The highest BCUT2D eigenvalue weighted by atomic mass is 32.2. The number of ether oxygens (including phenoxy) is 1. The standard InChI is InChI=1S/C15H24N2OS/c1-2-7-15(8-3-1)10-19-14(17-15)16-12-6-9-18-13(12)11-4-5-11/h11-13H,1-10H2,(H,16,17). The van der Waals surface area contributed by atoms with E-state index in [1.54, 1.807) is 0 Å². The predicted molar refractivity (Wildman–Crippen MR) is 79.7 cm³/mol. The smallest absolute Gasteiger partial charge is 0.157 e. The minimum absolute atomic E-state index is 0.385. The van der Waals surface area contributed by atoms with Crippen molar-refractivity contribution in [2.24, 2.45) is 10.9 Å². The first kappa shape index (κ1) is 12.5. The first-order chi connectivity index (χ1) is 9.35. The molecule has 0 aromatic heterocycles. The maximum atomic E-state index is 5.89. The van der Waals surface area contributed by atoms with Crippen LogP contribution in [0, 0.1) is 5.92 Å². The number of nitrogens with one attached hydrogen (secondary N) is 1. The fraction of sp³-hybridized carbons (Fsp3) is 0.933. The summed E-state index contributed by atoms with van der Waals surface area (Å²) >= 11 is 1.95. The van der Waals surface area contributed by atoms with Crippen molar-refractivity contribution in [2.45, 2.75) is 69.1 Å². The zero-order chi connectivity index (χ0) is 12.7. The Kier molecular flexibility index (Phi) is 3.27. The highest BCUT2D eigenvalue weighted by Gasteiger charge is 2.42. The van der Waals surface area contributed by atoms with Crippen molar-refractivity contribution >= 4 is 16.9 Å². The summed E-state index contributed by atoms with van der Waals surface area (Å²) in [4.78, 5) is 5.01. The van der Waals surface area contributed by atoms with Gasteiger partial charge in [-0.25, -0.2) is 0 Å². The fourth-order valence-corrected chi connectivity index (χ4v) is 5.11. The molecule has 19 heavy (non-hydrogen) atoms. The summed E-state index contributed by atoms with van der Waals surface area (Å²) in [7, 11) is 0. The summed E-state index contributed by atoms with van der Waals surface area (Å²) in [6.45, 7) is 0.915. The molecule has 2 saturated heterocycles. The van der Waals surface area contributed by atoms with Crippen molar-refractivity contribution < 1.29 is 4.74 Å². The Morgan fingerprint density at radius 2 is 2.00 bits per heavy atom. The van der Waals surface area contributed by atoms with Crippen LogP contribution >= 0.6 is 11.8 Å². The van der Waals surface area contributed by atoms with Gasteiger partial charge in [0.1, 0.15) is 0 Å². The molecule has 0 aromatic carbocycles. The van der Waals surface area contributed by atoms with Crippen molar-refractivity contribution in [3.63, 3.8) is 0 Å². The number of hydrogen-bond acceptors (Lipinski definition) is 3. The third-order valence-electron chi connectivity index (χ3n) is 5.14. The summed E-state index contributed by atoms with van der Waals surface area (Å²) < 4.78 is 5.89. The number of amidine groups is 1. The molecule has 4 aliphatic rings. The van der Waals surface area contributed by atoms with Gasteiger partial charge in [0.05, 0.1) is 12.1 Å². The van der Waals surface area contributed by atoms with Crippen LogP contribution in [0.1, 0.15) is 51.4 Å². The topological polar surface area (TPSA) is 33.6 Å². The molecule has 0 aromatic rings. The Labute approximate surface area is 120 Å². The van der Waals surface area contributed by atoms with Crippen LogP contribution in [0.5, 0.6) is 0 Å². The number of nitrogens with zero attached hydrogens (tertiary/aromatic N) is 1. The fourth-order valence-electron chi connectivity index (χ4n) is 3.84. The van der Waals surface area contributed by atoms with Gasteiger partial charge >= 0.3 is 0 Å². The van der Waals surface area contributed by atoms with Gasteiger partial charge in [-0.15, -0.1) is 0 Å². The second-order valence-electron chi connectivity index (χ2n) is 6.72. The molecule has 2 aliphatic heterocycles. The second-order valence-corrected chi connectivity index (χ2v) is 7.68. The third kappa shape index (κ3) is 2.54. The van der Waals surface area contributed by atoms with Gasteiger partial charge in [-0.1, -0.05) is 31.0 Å². The molecule has 0 bridgehead atoms. The van der Waals surface area contributed by atoms with E-state index in [1.165, 1.54) is 55.9 Å². The van der Waals surface area contributed by atoms with Gasteiger partial charge in [-0.05, 0) is 38.0 Å². The van der Waals surface area contributed by atoms with Gasteiger partial charge in [0.2, 0.25) is 0 Å². The van der Waals surface area contributed by atoms with Crippen molar-refractivity contribution in [1.82, 2.24) is 5.32 Å². The average molecular weight is 280 g/mol.